The third-order valence-electron chi connectivity index (χ3n) is 4.30. The molecule has 0 radical (unpaired) electrons. The van der Waals surface area contributed by atoms with Crippen LogP contribution in [-0.2, 0) is 9.53 Å². The van der Waals surface area contributed by atoms with Crippen LogP contribution in [0.15, 0.2) is 18.3 Å². The van der Waals surface area contributed by atoms with Gasteiger partial charge in [-0.15, -0.1) is 0 Å². The Balaban J connectivity index is 1.75. The van der Waals surface area contributed by atoms with Crippen molar-refractivity contribution in [1.82, 2.24) is 9.88 Å². The zero-order valence-corrected chi connectivity index (χ0v) is 12.7. The number of likely N-dealkylation sites (tertiary alicyclic amines) is 1. The van der Waals surface area contributed by atoms with Crippen molar-refractivity contribution < 1.29 is 19.1 Å². The number of amides is 1. The van der Waals surface area contributed by atoms with E-state index in [1.807, 2.05) is 6.92 Å². The summed E-state index contributed by atoms with van der Waals surface area (Å²) >= 11 is 0. The van der Waals surface area contributed by atoms with Gasteiger partial charge in [0.05, 0.1) is 13.2 Å². The molecule has 1 atom stereocenters. The number of Topliss-reactive ketones (excluding diaryl/α,β-unsaturated/α-hetero) is 1. The molecule has 3 rings (SSSR count). The standard InChI is InChI=1S/C16H20N2O4/c1-2-21-14-12(5-3-8-17-14)15(20)18-9-7-16(13(19)11-18)6-4-10-22-16/h3,5,8H,2,4,6-7,9-11H2,1H3/t16-/m1/s1. The van der Waals surface area contributed by atoms with Gasteiger partial charge in [-0.05, 0) is 31.9 Å². The number of ether oxygens (including phenoxy) is 2. The van der Waals surface area contributed by atoms with Gasteiger partial charge in [0, 0.05) is 25.8 Å². The Morgan fingerprint density at radius 3 is 3.05 bits per heavy atom. The van der Waals surface area contributed by atoms with Crippen molar-refractivity contribution in [3.05, 3.63) is 23.9 Å². The van der Waals surface area contributed by atoms with Gasteiger partial charge in [0.2, 0.25) is 5.88 Å². The molecule has 1 aromatic rings. The zero-order valence-electron chi connectivity index (χ0n) is 12.7. The van der Waals surface area contributed by atoms with Crippen molar-refractivity contribution in [2.24, 2.45) is 0 Å². The second-order valence-corrected chi connectivity index (χ2v) is 5.64. The Labute approximate surface area is 129 Å². The zero-order chi connectivity index (χ0) is 15.6. The maximum Gasteiger partial charge on any atom is 0.259 e. The first-order valence-electron chi connectivity index (χ1n) is 7.70. The number of aromatic nitrogens is 1. The van der Waals surface area contributed by atoms with Crippen molar-refractivity contribution in [2.45, 2.75) is 31.8 Å². The number of carbonyl (C=O) groups is 2. The normalized spacial score (nSPS) is 24.8. The molecule has 6 nitrogen and oxygen atoms in total. The van der Waals surface area contributed by atoms with Gasteiger partial charge in [0.15, 0.2) is 5.78 Å². The van der Waals surface area contributed by atoms with Crippen LogP contribution in [0.4, 0.5) is 0 Å². The van der Waals surface area contributed by atoms with Crippen molar-refractivity contribution in [1.29, 1.82) is 0 Å². The second kappa shape index (κ2) is 6.04. The van der Waals surface area contributed by atoms with E-state index in [1.165, 1.54) is 0 Å². The summed E-state index contributed by atoms with van der Waals surface area (Å²) < 4.78 is 11.1. The summed E-state index contributed by atoms with van der Waals surface area (Å²) in [6, 6.07) is 3.38. The molecular weight excluding hydrogens is 284 g/mol. The molecule has 0 N–H and O–H groups in total. The molecule has 2 aliphatic rings. The molecule has 3 heterocycles. The Hall–Kier alpha value is -1.95. The van der Waals surface area contributed by atoms with Crippen molar-refractivity contribution >= 4 is 11.7 Å². The van der Waals surface area contributed by atoms with E-state index in [4.69, 9.17) is 9.47 Å². The Morgan fingerprint density at radius 1 is 1.50 bits per heavy atom. The van der Waals surface area contributed by atoms with Gasteiger partial charge < -0.3 is 14.4 Å². The minimum Gasteiger partial charge on any atom is -0.477 e. The number of hydrogen-bond acceptors (Lipinski definition) is 5. The minimum absolute atomic E-state index is 0.00597. The molecule has 1 spiro atoms. The predicted octanol–water partition coefficient (Wildman–Crippen LogP) is 1.44. The molecule has 2 fully saturated rings. The van der Waals surface area contributed by atoms with Crippen LogP contribution in [0.25, 0.3) is 0 Å². The number of hydrogen-bond donors (Lipinski definition) is 0. The van der Waals surface area contributed by atoms with Crippen molar-refractivity contribution in [3.63, 3.8) is 0 Å². The molecule has 118 valence electrons. The maximum atomic E-state index is 12.7. The molecule has 6 heteroatoms. The quantitative estimate of drug-likeness (QED) is 0.845. The highest BCUT2D eigenvalue weighted by Gasteiger charge is 2.46. The van der Waals surface area contributed by atoms with E-state index in [0.29, 0.717) is 37.6 Å². The van der Waals surface area contributed by atoms with Crippen LogP contribution in [0.3, 0.4) is 0 Å². The molecular formula is C16H20N2O4. The van der Waals surface area contributed by atoms with Crippen molar-refractivity contribution in [2.75, 3.05) is 26.3 Å². The van der Waals surface area contributed by atoms with E-state index in [1.54, 1.807) is 23.2 Å². The van der Waals surface area contributed by atoms with Crippen LogP contribution in [0.5, 0.6) is 5.88 Å². The summed E-state index contributed by atoms with van der Waals surface area (Å²) in [5, 5.41) is 0. The third-order valence-corrected chi connectivity index (χ3v) is 4.30. The summed E-state index contributed by atoms with van der Waals surface area (Å²) in [5.41, 5.74) is -0.241. The Morgan fingerprint density at radius 2 is 2.36 bits per heavy atom. The largest absolute Gasteiger partial charge is 0.477 e. The van der Waals surface area contributed by atoms with Crippen molar-refractivity contribution in [3.8, 4) is 5.88 Å². The predicted molar refractivity (Wildman–Crippen MR) is 78.9 cm³/mol. The fraction of sp³-hybridized carbons (Fsp3) is 0.562. The van der Waals surface area contributed by atoms with Gasteiger partial charge in [-0.2, -0.15) is 0 Å². The first kappa shape index (κ1) is 15.0. The van der Waals surface area contributed by atoms with Crippen LogP contribution >= 0.6 is 0 Å². The van der Waals surface area contributed by atoms with Gasteiger partial charge in [-0.25, -0.2) is 4.98 Å². The van der Waals surface area contributed by atoms with E-state index >= 15 is 0 Å². The lowest BCUT2D eigenvalue weighted by Gasteiger charge is -2.37. The van der Waals surface area contributed by atoms with Crippen LogP contribution in [-0.4, -0.2) is 53.5 Å². The molecule has 0 bridgehead atoms. The minimum atomic E-state index is -0.644. The monoisotopic (exact) mass is 304 g/mol. The molecule has 1 aromatic heterocycles. The van der Waals surface area contributed by atoms with Gasteiger partial charge in [0.25, 0.3) is 5.91 Å². The lowest BCUT2D eigenvalue weighted by Crippen LogP contribution is -2.53. The maximum absolute atomic E-state index is 12.7. The fourth-order valence-electron chi connectivity index (χ4n) is 3.11. The van der Waals surface area contributed by atoms with E-state index in [-0.39, 0.29) is 18.2 Å². The van der Waals surface area contributed by atoms with E-state index < -0.39 is 5.60 Å². The average molecular weight is 304 g/mol. The van der Waals surface area contributed by atoms with Crippen LogP contribution in [0.2, 0.25) is 0 Å². The van der Waals surface area contributed by atoms with Crippen LogP contribution in [0, 0.1) is 0 Å². The Kier molecular flexibility index (Phi) is 4.11. The molecule has 0 aliphatic carbocycles. The summed E-state index contributed by atoms with van der Waals surface area (Å²) in [6.07, 6.45) is 3.84. The van der Waals surface area contributed by atoms with E-state index in [2.05, 4.69) is 4.98 Å². The molecule has 0 unspecified atom stereocenters. The summed E-state index contributed by atoms with van der Waals surface area (Å²) in [5.74, 6) is 0.115. The molecule has 0 saturated carbocycles. The second-order valence-electron chi connectivity index (χ2n) is 5.64. The van der Waals surface area contributed by atoms with Crippen LogP contribution < -0.4 is 4.74 Å². The van der Waals surface area contributed by atoms with E-state index in [9.17, 15) is 9.59 Å². The molecule has 2 saturated heterocycles. The summed E-state index contributed by atoms with van der Waals surface area (Å²) in [4.78, 5) is 30.7. The third kappa shape index (κ3) is 2.59. The lowest BCUT2D eigenvalue weighted by atomic mass is 9.87. The van der Waals surface area contributed by atoms with Crippen LogP contribution in [0.1, 0.15) is 36.5 Å². The van der Waals surface area contributed by atoms with Gasteiger partial charge in [-0.3, -0.25) is 9.59 Å². The topological polar surface area (TPSA) is 68.7 Å². The molecule has 22 heavy (non-hydrogen) atoms. The number of nitrogens with zero attached hydrogens (tertiary/aromatic N) is 2. The van der Waals surface area contributed by atoms with Gasteiger partial charge >= 0.3 is 0 Å². The van der Waals surface area contributed by atoms with E-state index in [0.717, 1.165) is 12.8 Å². The van der Waals surface area contributed by atoms with Gasteiger partial charge in [0.1, 0.15) is 11.2 Å². The average Bonchev–Trinajstić information content (AvgIpc) is 3.00. The number of carbonyl (C=O) groups excluding carboxylic acids is 2. The van der Waals surface area contributed by atoms with Gasteiger partial charge in [-0.1, -0.05) is 0 Å². The Bertz CT molecular complexity index is 581. The fourth-order valence-corrected chi connectivity index (χ4v) is 3.11. The molecule has 2 aliphatic heterocycles. The number of rotatable bonds is 3. The highest BCUT2D eigenvalue weighted by molar-refractivity contribution is 6.00. The lowest BCUT2D eigenvalue weighted by molar-refractivity contribution is -0.144. The molecule has 0 aromatic carbocycles. The number of piperidine rings is 1. The smallest absolute Gasteiger partial charge is 0.259 e. The number of ketones is 1. The molecule has 1 amide bonds. The summed E-state index contributed by atoms with van der Waals surface area (Å²) in [7, 11) is 0. The number of pyridine rings is 1. The first-order chi connectivity index (χ1) is 10.7. The first-order valence-corrected chi connectivity index (χ1v) is 7.70. The highest BCUT2D eigenvalue weighted by atomic mass is 16.5. The highest BCUT2D eigenvalue weighted by Crippen LogP contribution is 2.34. The SMILES string of the molecule is CCOc1ncccc1C(=O)N1CC[C@]2(CCCO2)C(=O)C1. The summed E-state index contributed by atoms with van der Waals surface area (Å²) in [6.45, 7) is 3.53.